The van der Waals surface area contributed by atoms with Crippen LogP contribution in [0.25, 0.3) is 10.2 Å². The molecule has 19 heavy (non-hydrogen) atoms. The molecule has 102 valence electrons. The maximum absolute atomic E-state index is 6.02. The number of nitrogens with zero attached hydrogens (tertiary/aromatic N) is 3. The molecule has 0 saturated heterocycles. The number of aryl methyl sites for hydroxylation is 2. The van der Waals surface area contributed by atoms with Crippen molar-refractivity contribution in [3.63, 3.8) is 0 Å². The first-order valence-electron chi connectivity index (χ1n) is 6.51. The van der Waals surface area contributed by atoms with Crippen LogP contribution < -0.4 is 5.32 Å². The maximum Gasteiger partial charge on any atom is 0.225 e. The summed E-state index contributed by atoms with van der Waals surface area (Å²) in [5, 5.41) is 4.93. The lowest BCUT2D eigenvalue weighted by Gasteiger charge is -2.12. The highest BCUT2D eigenvalue weighted by Gasteiger charge is 2.21. The minimum absolute atomic E-state index is 0.333. The molecule has 0 saturated carbocycles. The Balaban J connectivity index is 1.97. The largest absolute Gasteiger partial charge is 0.368 e. The number of halogens is 1. The first kappa shape index (κ1) is 13.1. The molecule has 4 nitrogen and oxygen atoms in total. The summed E-state index contributed by atoms with van der Waals surface area (Å²) < 4.78 is 0. The average molecular weight is 297 g/mol. The number of thiophene rings is 1. The lowest BCUT2D eigenvalue weighted by molar-refractivity contribution is 0.425. The zero-order valence-corrected chi connectivity index (χ0v) is 12.7. The maximum atomic E-state index is 6.02. The van der Waals surface area contributed by atoms with Crippen molar-refractivity contribution < 1.29 is 0 Å². The molecule has 0 spiro atoms. The summed E-state index contributed by atoms with van der Waals surface area (Å²) in [6.07, 6.45) is 3.56. The highest BCUT2D eigenvalue weighted by molar-refractivity contribution is 7.19. The number of rotatable bonds is 4. The monoisotopic (exact) mass is 296 g/mol. The SMILES string of the molecule is CN(C)CCNc1nc(Cl)nc2sc3c(c12)CCC3. The van der Waals surface area contributed by atoms with Crippen LogP contribution in [-0.2, 0) is 12.8 Å². The smallest absolute Gasteiger partial charge is 0.225 e. The Labute approximate surface area is 121 Å². The molecule has 1 aliphatic carbocycles. The Morgan fingerprint density at radius 2 is 2.16 bits per heavy atom. The molecule has 2 heterocycles. The number of nitrogens with one attached hydrogen (secondary N) is 1. The van der Waals surface area contributed by atoms with Gasteiger partial charge in [0.2, 0.25) is 5.28 Å². The highest BCUT2D eigenvalue weighted by Crippen LogP contribution is 2.39. The fourth-order valence-electron chi connectivity index (χ4n) is 2.50. The van der Waals surface area contributed by atoms with Crippen molar-refractivity contribution >= 4 is 39.0 Å². The van der Waals surface area contributed by atoms with Gasteiger partial charge in [-0.05, 0) is 50.5 Å². The summed E-state index contributed by atoms with van der Waals surface area (Å²) in [6, 6.07) is 0. The van der Waals surface area contributed by atoms with Gasteiger partial charge in [0.25, 0.3) is 0 Å². The van der Waals surface area contributed by atoms with Crippen molar-refractivity contribution in [2.75, 3.05) is 32.5 Å². The number of aromatic nitrogens is 2. The highest BCUT2D eigenvalue weighted by atomic mass is 35.5. The molecular formula is C13H17ClN4S. The van der Waals surface area contributed by atoms with E-state index in [1.165, 1.54) is 28.7 Å². The van der Waals surface area contributed by atoms with Gasteiger partial charge in [-0.1, -0.05) is 0 Å². The van der Waals surface area contributed by atoms with Gasteiger partial charge in [-0.15, -0.1) is 11.3 Å². The predicted octanol–water partition coefficient (Wildman–Crippen LogP) is 2.81. The molecule has 2 aromatic heterocycles. The summed E-state index contributed by atoms with van der Waals surface area (Å²) in [7, 11) is 4.12. The van der Waals surface area contributed by atoms with E-state index in [1.54, 1.807) is 11.3 Å². The van der Waals surface area contributed by atoms with Crippen molar-refractivity contribution in [3.05, 3.63) is 15.7 Å². The van der Waals surface area contributed by atoms with Gasteiger partial charge in [0, 0.05) is 18.0 Å². The Bertz CT molecular complexity index is 608. The van der Waals surface area contributed by atoms with E-state index in [4.69, 9.17) is 11.6 Å². The van der Waals surface area contributed by atoms with Crippen molar-refractivity contribution in [2.45, 2.75) is 19.3 Å². The van der Waals surface area contributed by atoms with E-state index in [0.29, 0.717) is 5.28 Å². The fraction of sp³-hybridized carbons (Fsp3) is 0.538. The molecular weight excluding hydrogens is 280 g/mol. The van der Waals surface area contributed by atoms with Crippen LogP contribution in [0.15, 0.2) is 0 Å². The van der Waals surface area contributed by atoms with E-state index in [2.05, 4.69) is 34.3 Å². The lowest BCUT2D eigenvalue weighted by atomic mass is 10.2. The molecule has 0 amide bonds. The van der Waals surface area contributed by atoms with E-state index in [0.717, 1.165) is 30.2 Å². The van der Waals surface area contributed by atoms with Crippen LogP contribution in [0.4, 0.5) is 5.82 Å². The number of anilines is 1. The number of hydrogen-bond acceptors (Lipinski definition) is 5. The van der Waals surface area contributed by atoms with Crippen LogP contribution in [-0.4, -0.2) is 42.1 Å². The molecule has 6 heteroatoms. The van der Waals surface area contributed by atoms with E-state index in [9.17, 15) is 0 Å². The summed E-state index contributed by atoms with van der Waals surface area (Å²) in [6.45, 7) is 1.83. The molecule has 2 aromatic rings. The Morgan fingerprint density at radius 3 is 2.95 bits per heavy atom. The summed E-state index contributed by atoms with van der Waals surface area (Å²) in [4.78, 5) is 13.4. The standard InChI is InChI=1S/C13H17ClN4S/c1-18(2)7-6-15-11-10-8-4-3-5-9(8)19-12(10)17-13(14)16-11/h3-7H2,1-2H3,(H,15,16,17). The molecule has 0 atom stereocenters. The van der Waals surface area contributed by atoms with Crippen LogP contribution >= 0.6 is 22.9 Å². The van der Waals surface area contributed by atoms with Gasteiger partial charge >= 0.3 is 0 Å². The van der Waals surface area contributed by atoms with E-state index >= 15 is 0 Å². The molecule has 3 rings (SSSR count). The second-order valence-corrected chi connectivity index (χ2v) is 6.53. The average Bonchev–Trinajstić information content (AvgIpc) is 2.87. The summed E-state index contributed by atoms with van der Waals surface area (Å²) in [5.74, 6) is 0.899. The molecule has 0 radical (unpaired) electrons. The van der Waals surface area contributed by atoms with E-state index in [1.807, 2.05) is 0 Å². The lowest BCUT2D eigenvalue weighted by Crippen LogP contribution is -2.21. The Morgan fingerprint density at radius 1 is 1.32 bits per heavy atom. The van der Waals surface area contributed by atoms with Crippen LogP contribution in [0.5, 0.6) is 0 Å². The molecule has 1 N–H and O–H groups in total. The molecule has 1 aliphatic rings. The van der Waals surface area contributed by atoms with Crippen molar-refractivity contribution in [1.29, 1.82) is 0 Å². The normalized spacial score (nSPS) is 14.3. The zero-order valence-electron chi connectivity index (χ0n) is 11.2. The van der Waals surface area contributed by atoms with Gasteiger partial charge < -0.3 is 10.2 Å². The van der Waals surface area contributed by atoms with Crippen molar-refractivity contribution in [2.24, 2.45) is 0 Å². The number of fused-ring (bicyclic) bond motifs is 3. The molecule has 0 aromatic carbocycles. The molecule has 0 fully saturated rings. The quantitative estimate of drug-likeness (QED) is 0.881. The minimum atomic E-state index is 0.333. The Kier molecular flexibility index (Phi) is 3.60. The van der Waals surface area contributed by atoms with Crippen molar-refractivity contribution in [3.8, 4) is 0 Å². The van der Waals surface area contributed by atoms with Gasteiger partial charge in [-0.3, -0.25) is 0 Å². The number of hydrogen-bond donors (Lipinski definition) is 1. The third-order valence-electron chi connectivity index (χ3n) is 3.39. The predicted molar refractivity (Wildman–Crippen MR) is 81.5 cm³/mol. The first-order chi connectivity index (χ1) is 9.15. The topological polar surface area (TPSA) is 41.0 Å². The summed E-state index contributed by atoms with van der Waals surface area (Å²) >= 11 is 7.79. The molecule has 0 bridgehead atoms. The summed E-state index contributed by atoms with van der Waals surface area (Å²) in [5.41, 5.74) is 1.43. The second-order valence-electron chi connectivity index (χ2n) is 5.11. The third-order valence-corrected chi connectivity index (χ3v) is 4.74. The Hall–Kier alpha value is -0.910. The zero-order chi connectivity index (χ0) is 13.4. The van der Waals surface area contributed by atoms with Gasteiger partial charge in [0.1, 0.15) is 10.6 Å². The van der Waals surface area contributed by atoms with Crippen LogP contribution in [0.1, 0.15) is 16.9 Å². The third kappa shape index (κ3) is 2.55. The first-order valence-corrected chi connectivity index (χ1v) is 7.71. The molecule has 0 unspecified atom stereocenters. The fourth-order valence-corrected chi connectivity index (χ4v) is 3.98. The molecule has 0 aliphatic heterocycles. The van der Waals surface area contributed by atoms with Crippen molar-refractivity contribution in [1.82, 2.24) is 14.9 Å². The van der Waals surface area contributed by atoms with Crippen LogP contribution in [0.3, 0.4) is 0 Å². The van der Waals surface area contributed by atoms with Crippen LogP contribution in [0, 0.1) is 0 Å². The second kappa shape index (κ2) is 5.23. The van der Waals surface area contributed by atoms with E-state index < -0.39 is 0 Å². The minimum Gasteiger partial charge on any atom is -0.368 e. The van der Waals surface area contributed by atoms with Gasteiger partial charge in [-0.25, -0.2) is 9.97 Å². The number of likely N-dealkylation sites (N-methyl/N-ethyl adjacent to an activating group) is 1. The van der Waals surface area contributed by atoms with Gasteiger partial charge in [-0.2, -0.15) is 0 Å². The van der Waals surface area contributed by atoms with E-state index in [-0.39, 0.29) is 0 Å². The van der Waals surface area contributed by atoms with Gasteiger partial charge in [0.15, 0.2) is 0 Å². The van der Waals surface area contributed by atoms with Gasteiger partial charge in [0.05, 0.1) is 5.39 Å². The van der Waals surface area contributed by atoms with Crippen LogP contribution in [0.2, 0.25) is 5.28 Å².